The summed E-state index contributed by atoms with van der Waals surface area (Å²) in [6, 6.07) is 0. The lowest BCUT2D eigenvalue weighted by Gasteiger charge is -2.33. The highest BCUT2D eigenvalue weighted by Gasteiger charge is 2.26. The van der Waals surface area contributed by atoms with Gasteiger partial charge in [-0.3, -0.25) is 0 Å². The van der Waals surface area contributed by atoms with Crippen LogP contribution in [0.4, 0.5) is 0 Å². The fourth-order valence-corrected chi connectivity index (χ4v) is 2.98. The lowest BCUT2D eigenvalue weighted by Crippen LogP contribution is -2.30. The van der Waals surface area contributed by atoms with Crippen molar-refractivity contribution >= 4 is 0 Å². The first-order valence-corrected chi connectivity index (χ1v) is 8.14. The summed E-state index contributed by atoms with van der Waals surface area (Å²) in [6.45, 7) is 9.10. The molecule has 0 aliphatic rings. The van der Waals surface area contributed by atoms with Crippen molar-refractivity contribution in [2.45, 2.75) is 91.0 Å². The molecule has 1 heterocycles. The summed E-state index contributed by atoms with van der Waals surface area (Å²) >= 11 is 0. The summed E-state index contributed by atoms with van der Waals surface area (Å²) in [5.74, 6) is 1.16. The topological polar surface area (TPSA) is 17.8 Å². The van der Waals surface area contributed by atoms with Crippen LogP contribution in [0.15, 0.2) is 12.4 Å². The molecule has 0 aliphatic heterocycles. The third-order valence-electron chi connectivity index (χ3n) is 4.30. The number of hydrogen-bond donors (Lipinski definition) is 0. The first-order valence-electron chi connectivity index (χ1n) is 8.14. The maximum Gasteiger partial charge on any atom is 0.105 e. The van der Waals surface area contributed by atoms with E-state index >= 15 is 0 Å². The highest BCUT2D eigenvalue weighted by molar-refractivity contribution is 4.97. The Morgan fingerprint density at radius 1 is 1.00 bits per heavy atom. The van der Waals surface area contributed by atoms with Gasteiger partial charge in [-0.2, -0.15) is 0 Å². The smallest absolute Gasteiger partial charge is 0.105 e. The van der Waals surface area contributed by atoms with Gasteiger partial charge in [0.05, 0.1) is 0 Å². The van der Waals surface area contributed by atoms with Gasteiger partial charge in [-0.15, -0.1) is 0 Å². The summed E-state index contributed by atoms with van der Waals surface area (Å²) in [5.41, 5.74) is 0.267. The maximum atomic E-state index is 4.41. The molecular weight excluding hydrogens is 232 g/mol. The molecule has 110 valence electrons. The van der Waals surface area contributed by atoms with Gasteiger partial charge in [0.15, 0.2) is 0 Å². The van der Waals surface area contributed by atoms with E-state index in [9.17, 15) is 0 Å². The molecule has 0 N–H and O–H groups in total. The van der Waals surface area contributed by atoms with Gasteiger partial charge < -0.3 is 4.57 Å². The van der Waals surface area contributed by atoms with Gasteiger partial charge in [0, 0.05) is 17.9 Å². The van der Waals surface area contributed by atoms with Crippen molar-refractivity contribution in [3.05, 3.63) is 18.2 Å². The van der Waals surface area contributed by atoms with Gasteiger partial charge in [0.1, 0.15) is 5.82 Å². The number of aromatic nitrogens is 2. The number of rotatable bonds is 10. The van der Waals surface area contributed by atoms with E-state index in [2.05, 4.69) is 43.4 Å². The molecule has 2 heteroatoms. The quantitative estimate of drug-likeness (QED) is 0.513. The van der Waals surface area contributed by atoms with E-state index in [1.54, 1.807) is 0 Å². The predicted octanol–water partition coefficient (Wildman–Crippen LogP) is 5.46. The number of nitrogens with zero attached hydrogens (tertiary/aromatic N) is 2. The second-order valence-electron chi connectivity index (χ2n) is 6.11. The van der Waals surface area contributed by atoms with Crippen molar-refractivity contribution in [1.29, 1.82) is 0 Å². The Labute approximate surface area is 119 Å². The zero-order chi connectivity index (χ0) is 14.1. The molecule has 0 saturated carbocycles. The van der Waals surface area contributed by atoms with Crippen LogP contribution in [0.2, 0.25) is 0 Å². The Morgan fingerprint density at radius 3 is 2.21 bits per heavy atom. The molecule has 0 amide bonds. The third-order valence-corrected chi connectivity index (χ3v) is 4.30. The maximum absolute atomic E-state index is 4.41. The molecular formula is C17H32N2. The van der Waals surface area contributed by atoms with E-state index in [4.69, 9.17) is 0 Å². The normalized spacial score (nSPS) is 14.5. The fraction of sp³-hybridized carbons (Fsp3) is 0.824. The number of imidazole rings is 1. The average Bonchev–Trinajstić information content (AvgIpc) is 2.83. The highest BCUT2D eigenvalue weighted by atomic mass is 15.1. The SMILES string of the molecule is CCCCCCCC(C)(CCCC)n1ccnc1C. The molecule has 1 aromatic heterocycles. The monoisotopic (exact) mass is 264 g/mol. The minimum Gasteiger partial charge on any atom is -0.329 e. The van der Waals surface area contributed by atoms with Crippen molar-refractivity contribution in [1.82, 2.24) is 9.55 Å². The molecule has 1 unspecified atom stereocenters. The Kier molecular flexibility index (Phi) is 7.19. The summed E-state index contributed by atoms with van der Waals surface area (Å²) < 4.78 is 2.41. The molecule has 2 nitrogen and oxygen atoms in total. The Hall–Kier alpha value is -0.790. The van der Waals surface area contributed by atoms with Gasteiger partial charge in [0.2, 0.25) is 0 Å². The summed E-state index contributed by atoms with van der Waals surface area (Å²) in [7, 11) is 0. The van der Waals surface area contributed by atoms with E-state index in [0.29, 0.717) is 0 Å². The molecule has 0 fully saturated rings. The van der Waals surface area contributed by atoms with E-state index < -0.39 is 0 Å². The fourth-order valence-electron chi connectivity index (χ4n) is 2.98. The first-order chi connectivity index (χ1) is 9.14. The first kappa shape index (κ1) is 16.3. The summed E-state index contributed by atoms with van der Waals surface area (Å²) in [5, 5.41) is 0. The van der Waals surface area contributed by atoms with Crippen LogP contribution in [0.25, 0.3) is 0 Å². The Balaban J connectivity index is 2.58. The highest BCUT2D eigenvalue weighted by Crippen LogP contribution is 2.30. The van der Waals surface area contributed by atoms with Crippen LogP contribution < -0.4 is 0 Å². The third kappa shape index (κ3) is 5.00. The van der Waals surface area contributed by atoms with Crippen molar-refractivity contribution < 1.29 is 0 Å². The van der Waals surface area contributed by atoms with Crippen LogP contribution in [0, 0.1) is 6.92 Å². The van der Waals surface area contributed by atoms with E-state index in [-0.39, 0.29) is 5.54 Å². The van der Waals surface area contributed by atoms with E-state index in [1.807, 2.05) is 6.20 Å². The number of aryl methyl sites for hydroxylation is 1. The van der Waals surface area contributed by atoms with Gasteiger partial charge in [0.25, 0.3) is 0 Å². The van der Waals surface area contributed by atoms with Crippen molar-refractivity contribution in [3.8, 4) is 0 Å². The van der Waals surface area contributed by atoms with Crippen molar-refractivity contribution in [3.63, 3.8) is 0 Å². The average molecular weight is 264 g/mol. The van der Waals surface area contributed by atoms with Crippen LogP contribution >= 0.6 is 0 Å². The van der Waals surface area contributed by atoms with Crippen LogP contribution in [0.1, 0.15) is 84.4 Å². The molecule has 0 aliphatic carbocycles. The Bertz CT molecular complexity index is 343. The summed E-state index contributed by atoms with van der Waals surface area (Å²) in [6.07, 6.45) is 16.1. The number of hydrogen-bond acceptors (Lipinski definition) is 1. The molecule has 0 spiro atoms. The van der Waals surface area contributed by atoms with Crippen molar-refractivity contribution in [2.75, 3.05) is 0 Å². The second kappa shape index (κ2) is 8.39. The molecule has 19 heavy (non-hydrogen) atoms. The van der Waals surface area contributed by atoms with E-state index in [0.717, 1.165) is 5.82 Å². The van der Waals surface area contributed by atoms with E-state index in [1.165, 1.54) is 57.8 Å². The zero-order valence-electron chi connectivity index (χ0n) is 13.4. The largest absolute Gasteiger partial charge is 0.329 e. The predicted molar refractivity (Wildman–Crippen MR) is 83.5 cm³/mol. The summed E-state index contributed by atoms with van der Waals surface area (Å²) in [4.78, 5) is 4.41. The standard InChI is InChI=1S/C17H32N2/c1-5-7-9-10-11-13-17(4,12-8-6-2)19-15-14-18-16(19)3/h14-15H,5-13H2,1-4H3. The van der Waals surface area contributed by atoms with Crippen LogP contribution in [0.3, 0.4) is 0 Å². The zero-order valence-corrected chi connectivity index (χ0v) is 13.4. The van der Waals surface area contributed by atoms with Crippen LogP contribution in [-0.2, 0) is 5.54 Å². The molecule has 0 saturated heterocycles. The van der Waals surface area contributed by atoms with Crippen LogP contribution in [0.5, 0.6) is 0 Å². The number of unbranched alkanes of at least 4 members (excludes halogenated alkanes) is 5. The molecule has 1 aromatic rings. The Morgan fingerprint density at radius 2 is 1.63 bits per heavy atom. The molecule has 1 atom stereocenters. The molecule has 0 aromatic carbocycles. The van der Waals surface area contributed by atoms with Crippen molar-refractivity contribution in [2.24, 2.45) is 0 Å². The molecule has 0 bridgehead atoms. The minimum absolute atomic E-state index is 0.267. The second-order valence-corrected chi connectivity index (χ2v) is 6.11. The van der Waals surface area contributed by atoms with Gasteiger partial charge in [-0.25, -0.2) is 4.98 Å². The van der Waals surface area contributed by atoms with Crippen LogP contribution in [-0.4, -0.2) is 9.55 Å². The van der Waals surface area contributed by atoms with Gasteiger partial charge >= 0.3 is 0 Å². The lowest BCUT2D eigenvalue weighted by molar-refractivity contribution is 0.248. The minimum atomic E-state index is 0.267. The molecule has 1 rings (SSSR count). The lowest BCUT2D eigenvalue weighted by atomic mass is 9.88. The van der Waals surface area contributed by atoms with Gasteiger partial charge in [-0.05, 0) is 26.7 Å². The molecule has 0 radical (unpaired) electrons. The van der Waals surface area contributed by atoms with Gasteiger partial charge in [-0.1, -0.05) is 58.8 Å².